The second kappa shape index (κ2) is 12.0. The van der Waals surface area contributed by atoms with Gasteiger partial charge in [0.15, 0.2) is 0 Å². The molecule has 47 heavy (non-hydrogen) atoms. The van der Waals surface area contributed by atoms with Gasteiger partial charge in [-0.3, -0.25) is 19.8 Å². The number of likely N-dealkylation sites (tertiary alicyclic amines) is 2. The first-order chi connectivity index (χ1) is 22.4. The van der Waals surface area contributed by atoms with E-state index in [-0.39, 0.29) is 12.5 Å². The van der Waals surface area contributed by atoms with Crippen LogP contribution < -0.4 is 10.2 Å². The molecule has 0 atom stereocenters. The average Bonchev–Trinajstić information content (AvgIpc) is 3.53. The van der Waals surface area contributed by atoms with E-state index in [1.54, 1.807) is 36.9 Å². The number of anilines is 2. The molecule has 3 fully saturated rings. The Morgan fingerprint density at radius 3 is 2.38 bits per heavy atom. The topological polar surface area (TPSA) is 108 Å². The van der Waals surface area contributed by atoms with Crippen LogP contribution in [0.15, 0.2) is 36.5 Å². The van der Waals surface area contributed by atoms with Crippen molar-refractivity contribution in [3.05, 3.63) is 53.5 Å². The van der Waals surface area contributed by atoms with E-state index in [1.165, 1.54) is 51.9 Å². The van der Waals surface area contributed by atoms with Gasteiger partial charge in [-0.25, -0.2) is 4.98 Å². The molecule has 0 unspecified atom stereocenters. The zero-order chi connectivity index (χ0) is 33.1. The number of aliphatic hydroxyl groups is 1. The van der Waals surface area contributed by atoms with Gasteiger partial charge < -0.3 is 24.4 Å². The summed E-state index contributed by atoms with van der Waals surface area (Å²) in [6, 6.07) is 10.6. The SMILES string of the molecule is Cc1cc(C(=O)Nc2nc3ccc(N4CCC(N5CCC6(CC5)CN(C)C6)CC4)cc3n2CC(C)(C)O)cc(-c2cnn(C)c2C)n1. The van der Waals surface area contributed by atoms with E-state index in [1.807, 2.05) is 31.5 Å². The van der Waals surface area contributed by atoms with E-state index < -0.39 is 5.60 Å². The summed E-state index contributed by atoms with van der Waals surface area (Å²) in [6.45, 7) is 14.8. The van der Waals surface area contributed by atoms with E-state index in [2.05, 4.69) is 49.3 Å². The highest BCUT2D eigenvalue weighted by Crippen LogP contribution is 2.40. The van der Waals surface area contributed by atoms with Crippen molar-refractivity contribution in [3.8, 4) is 11.3 Å². The highest BCUT2D eigenvalue weighted by Gasteiger charge is 2.44. The standard InChI is InChI=1S/C36H49N9O2/c1-24-17-26(18-31(38-24)29-20-37-42(6)25(29)2)33(46)40-34-39-30-8-7-28(19-32(30)45(34)21-35(3,4)47)43-13-9-27(10-14-43)44-15-11-36(12-16-44)22-41(5)23-36/h7-8,17-20,27,47H,9-16,21-23H2,1-6H3,(H,39,40,46). The molecule has 0 bridgehead atoms. The average molecular weight is 640 g/mol. The lowest BCUT2D eigenvalue weighted by Gasteiger charge is -2.54. The Morgan fingerprint density at radius 2 is 1.74 bits per heavy atom. The lowest BCUT2D eigenvalue weighted by molar-refractivity contribution is -0.0419. The number of fused-ring (bicyclic) bond motifs is 1. The molecular weight excluding hydrogens is 590 g/mol. The van der Waals surface area contributed by atoms with Crippen molar-refractivity contribution in [1.82, 2.24) is 34.1 Å². The van der Waals surface area contributed by atoms with E-state index >= 15 is 0 Å². The molecule has 7 rings (SSSR count). The third kappa shape index (κ3) is 6.40. The Bertz CT molecular complexity index is 1780. The summed E-state index contributed by atoms with van der Waals surface area (Å²) >= 11 is 0. The molecule has 0 saturated carbocycles. The van der Waals surface area contributed by atoms with Crippen LogP contribution in [0, 0.1) is 19.3 Å². The number of carbonyl (C=O) groups is 1. The number of aromatic nitrogens is 5. The fourth-order valence-corrected chi connectivity index (χ4v) is 8.08. The molecule has 3 aliphatic heterocycles. The molecule has 1 aromatic carbocycles. The maximum atomic E-state index is 13.7. The summed E-state index contributed by atoms with van der Waals surface area (Å²) in [5, 5.41) is 18.3. The fourth-order valence-electron chi connectivity index (χ4n) is 8.08. The minimum atomic E-state index is -1.01. The van der Waals surface area contributed by atoms with Crippen LogP contribution in [0.1, 0.15) is 61.3 Å². The number of piperidine rings is 2. The Morgan fingerprint density at radius 1 is 1.02 bits per heavy atom. The van der Waals surface area contributed by atoms with Gasteiger partial charge in [0.05, 0.1) is 35.1 Å². The van der Waals surface area contributed by atoms with Crippen molar-refractivity contribution in [2.45, 2.75) is 71.6 Å². The van der Waals surface area contributed by atoms with E-state index in [0.717, 1.165) is 46.8 Å². The van der Waals surface area contributed by atoms with Gasteiger partial charge in [-0.1, -0.05) is 0 Å². The van der Waals surface area contributed by atoms with Gasteiger partial charge >= 0.3 is 0 Å². The van der Waals surface area contributed by atoms with E-state index in [0.29, 0.717) is 28.7 Å². The number of aryl methyl sites for hydroxylation is 2. The molecule has 3 aromatic heterocycles. The van der Waals surface area contributed by atoms with Crippen LogP contribution in [-0.2, 0) is 13.6 Å². The maximum absolute atomic E-state index is 13.7. The monoisotopic (exact) mass is 639 g/mol. The van der Waals surface area contributed by atoms with Crippen molar-refractivity contribution in [1.29, 1.82) is 0 Å². The number of nitrogens with one attached hydrogen (secondary N) is 1. The number of imidazole rings is 1. The van der Waals surface area contributed by atoms with E-state index in [9.17, 15) is 9.90 Å². The first kappa shape index (κ1) is 31.8. The van der Waals surface area contributed by atoms with Crippen LogP contribution in [0.2, 0.25) is 0 Å². The van der Waals surface area contributed by atoms with Crippen LogP contribution in [0.3, 0.4) is 0 Å². The van der Waals surface area contributed by atoms with Crippen LogP contribution in [-0.4, -0.2) is 103 Å². The first-order valence-electron chi connectivity index (χ1n) is 17.1. The van der Waals surface area contributed by atoms with E-state index in [4.69, 9.17) is 4.98 Å². The smallest absolute Gasteiger partial charge is 0.258 e. The minimum Gasteiger partial charge on any atom is -0.389 e. The number of hydrogen-bond donors (Lipinski definition) is 2. The molecule has 0 radical (unpaired) electrons. The van der Waals surface area contributed by atoms with Gasteiger partial charge in [0.1, 0.15) is 0 Å². The van der Waals surface area contributed by atoms with Crippen molar-refractivity contribution in [3.63, 3.8) is 0 Å². The molecule has 250 valence electrons. The largest absolute Gasteiger partial charge is 0.389 e. The molecule has 11 nitrogen and oxygen atoms in total. The number of hydrogen-bond acceptors (Lipinski definition) is 8. The zero-order valence-corrected chi connectivity index (χ0v) is 28.8. The van der Waals surface area contributed by atoms with Gasteiger partial charge in [-0.05, 0) is 109 Å². The van der Waals surface area contributed by atoms with Crippen LogP contribution in [0.5, 0.6) is 0 Å². The minimum absolute atomic E-state index is 0.277. The number of pyridine rings is 1. The number of carbonyl (C=O) groups excluding carboxylic acids is 1. The van der Waals surface area contributed by atoms with Gasteiger partial charge in [-0.15, -0.1) is 0 Å². The summed E-state index contributed by atoms with van der Waals surface area (Å²) < 4.78 is 3.73. The molecule has 4 aromatic rings. The number of benzene rings is 1. The summed E-state index contributed by atoms with van der Waals surface area (Å²) in [4.78, 5) is 30.9. The molecule has 3 saturated heterocycles. The van der Waals surface area contributed by atoms with Crippen LogP contribution in [0.4, 0.5) is 11.6 Å². The predicted octanol–water partition coefficient (Wildman–Crippen LogP) is 4.47. The van der Waals surface area contributed by atoms with Crippen molar-refractivity contribution < 1.29 is 9.90 Å². The lowest BCUT2D eigenvalue weighted by atomic mass is 9.72. The highest BCUT2D eigenvalue weighted by molar-refractivity contribution is 6.05. The molecule has 11 heteroatoms. The molecule has 6 heterocycles. The second-order valence-electron chi connectivity index (χ2n) is 15.0. The molecular formula is C36H49N9O2. The molecule has 3 aliphatic rings. The third-order valence-electron chi connectivity index (χ3n) is 10.6. The van der Waals surface area contributed by atoms with Crippen molar-refractivity contribution in [2.24, 2.45) is 12.5 Å². The normalized spacial score (nSPS) is 19.4. The second-order valence-corrected chi connectivity index (χ2v) is 15.0. The quantitative estimate of drug-likeness (QED) is 0.305. The first-order valence-corrected chi connectivity index (χ1v) is 17.1. The number of nitrogens with zero attached hydrogens (tertiary/aromatic N) is 8. The molecule has 2 N–H and O–H groups in total. The Kier molecular flexibility index (Phi) is 8.13. The Hall–Kier alpha value is -3.80. The summed E-state index contributed by atoms with van der Waals surface area (Å²) in [6.07, 6.45) is 6.79. The number of rotatable bonds is 7. The summed E-state index contributed by atoms with van der Waals surface area (Å²) in [5.74, 6) is 0.137. The molecule has 1 amide bonds. The third-order valence-corrected chi connectivity index (χ3v) is 10.6. The highest BCUT2D eigenvalue weighted by atomic mass is 16.3. The van der Waals surface area contributed by atoms with Gasteiger partial charge in [0.2, 0.25) is 5.95 Å². The van der Waals surface area contributed by atoms with Gasteiger partial charge in [0, 0.05) is 67.5 Å². The summed E-state index contributed by atoms with van der Waals surface area (Å²) in [7, 11) is 4.13. The van der Waals surface area contributed by atoms with Gasteiger partial charge in [-0.2, -0.15) is 5.10 Å². The molecule has 0 aliphatic carbocycles. The summed E-state index contributed by atoms with van der Waals surface area (Å²) in [5.41, 5.74) is 6.21. The fraction of sp³-hybridized carbons (Fsp3) is 0.556. The van der Waals surface area contributed by atoms with Gasteiger partial charge in [0.25, 0.3) is 5.91 Å². The lowest BCUT2D eigenvalue weighted by Crippen LogP contribution is -2.60. The zero-order valence-electron chi connectivity index (χ0n) is 28.8. The van der Waals surface area contributed by atoms with Crippen molar-refractivity contribution in [2.75, 3.05) is 56.5 Å². The van der Waals surface area contributed by atoms with Crippen molar-refractivity contribution >= 4 is 28.6 Å². The maximum Gasteiger partial charge on any atom is 0.258 e. The number of amides is 1. The molecule has 1 spiro atoms. The predicted molar refractivity (Wildman–Crippen MR) is 186 cm³/mol. The Labute approximate surface area is 277 Å². The van der Waals surface area contributed by atoms with Crippen LogP contribution in [0.25, 0.3) is 22.3 Å². The Balaban J connectivity index is 1.09. The van der Waals surface area contributed by atoms with Crippen LogP contribution >= 0.6 is 0 Å².